The molecule has 2 aromatic heterocycles. The van der Waals surface area contributed by atoms with Gasteiger partial charge in [0.15, 0.2) is 0 Å². The van der Waals surface area contributed by atoms with Crippen LogP contribution in [0.25, 0.3) is 5.65 Å². The number of β-amino-alcohol motifs (C(OH)–C–C–N with tert-alkyl or cyclic N) is 1. The predicted octanol–water partition coefficient (Wildman–Crippen LogP) is 0.797. The molecule has 1 aliphatic heterocycles. The highest BCUT2D eigenvalue weighted by Crippen LogP contribution is 2.12. The van der Waals surface area contributed by atoms with E-state index in [1.165, 1.54) is 11.3 Å². The maximum atomic E-state index is 9.55. The van der Waals surface area contributed by atoms with Gasteiger partial charge in [0.05, 0.1) is 18.0 Å². The number of nitrogens with one attached hydrogen (secondary N) is 1. The molecule has 1 aliphatic rings. The van der Waals surface area contributed by atoms with Gasteiger partial charge < -0.3 is 14.8 Å². The second kappa shape index (κ2) is 5.52. The molecule has 5 heteroatoms. The van der Waals surface area contributed by atoms with E-state index in [2.05, 4.69) is 45.8 Å². The number of likely N-dealkylation sites (N-methyl/N-ethyl adjacent to an activating group) is 1. The average molecular weight is 274 g/mol. The Balaban J connectivity index is 1.68. The van der Waals surface area contributed by atoms with Gasteiger partial charge in [0.25, 0.3) is 0 Å². The number of aromatic nitrogens is 2. The molecule has 0 aromatic carbocycles. The van der Waals surface area contributed by atoms with Crippen molar-refractivity contribution in [1.29, 1.82) is 0 Å². The zero-order chi connectivity index (χ0) is 14.1. The van der Waals surface area contributed by atoms with Crippen molar-refractivity contribution in [2.24, 2.45) is 0 Å². The zero-order valence-corrected chi connectivity index (χ0v) is 12.1. The number of aliphatic hydroxyl groups is 1. The summed E-state index contributed by atoms with van der Waals surface area (Å²) in [6.07, 6.45) is 4.73. The van der Waals surface area contributed by atoms with Crippen LogP contribution in [-0.4, -0.2) is 51.7 Å². The normalized spacial score (nSPS) is 23.0. The van der Waals surface area contributed by atoms with E-state index in [4.69, 9.17) is 0 Å². The molecule has 0 radical (unpaired) electrons. The molecule has 0 saturated carbocycles. The third-order valence-corrected chi connectivity index (χ3v) is 3.89. The average Bonchev–Trinajstić information content (AvgIpc) is 2.97. The Hall–Kier alpha value is -1.43. The molecule has 0 amide bonds. The highest BCUT2D eigenvalue weighted by molar-refractivity contribution is 5.41. The molecule has 20 heavy (non-hydrogen) atoms. The number of fused-ring (bicyclic) bond motifs is 1. The molecule has 2 aromatic rings. The van der Waals surface area contributed by atoms with Crippen molar-refractivity contribution in [3.8, 4) is 0 Å². The van der Waals surface area contributed by atoms with Gasteiger partial charge in [-0.25, -0.2) is 4.98 Å². The Kier molecular flexibility index (Phi) is 3.74. The Bertz CT molecular complexity index is 595. The standard InChI is InChI=1S/C15H22N4O/c1-11-3-4-15-17-6-13(19(15)8-11)10-18(2)9-12-5-14(20)7-16-12/h3-4,6,8,12,14,16,20H,5,7,9-10H2,1-2H3/t12-,14+/m0/s1. The minimum atomic E-state index is -0.188. The van der Waals surface area contributed by atoms with Crippen molar-refractivity contribution in [2.75, 3.05) is 20.1 Å². The topological polar surface area (TPSA) is 52.8 Å². The fourth-order valence-corrected chi connectivity index (χ4v) is 2.91. The molecule has 0 unspecified atom stereocenters. The molecule has 2 N–H and O–H groups in total. The molecule has 5 nitrogen and oxygen atoms in total. The van der Waals surface area contributed by atoms with Crippen LogP contribution < -0.4 is 5.32 Å². The molecule has 1 fully saturated rings. The van der Waals surface area contributed by atoms with E-state index >= 15 is 0 Å². The van der Waals surface area contributed by atoms with E-state index in [-0.39, 0.29) is 6.10 Å². The maximum Gasteiger partial charge on any atom is 0.136 e. The molecular weight excluding hydrogens is 252 g/mol. The largest absolute Gasteiger partial charge is 0.392 e. The minimum absolute atomic E-state index is 0.188. The van der Waals surface area contributed by atoms with Crippen LogP contribution in [0.15, 0.2) is 24.5 Å². The van der Waals surface area contributed by atoms with Gasteiger partial charge in [-0.2, -0.15) is 0 Å². The van der Waals surface area contributed by atoms with Gasteiger partial charge in [-0.05, 0) is 32.0 Å². The van der Waals surface area contributed by atoms with Crippen molar-refractivity contribution >= 4 is 5.65 Å². The Morgan fingerprint density at radius 2 is 2.35 bits per heavy atom. The summed E-state index contributed by atoms with van der Waals surface area (Å²) in [6, 6.07) is 4.52. The maximum absolute atomic E-state index is 9.55. The van der Waals surface area contributed by atoms with Crippen molar-refractivity contribution in [1.82, 2.24) is 19.6 Å². The second-order valence-corrected chi connectivity index (χ2v) is 5.88. The van der Waals surface area contributed by atoms with E-state index in [9.17, 15) is 5.11 Å². The van der Waals surface area contributed by atoms with Crippen molar-refractivity contribution in [3.05, 3.63) is 35.8 Å². The number of imidazole rings is 1. The van der Waals surface area contributed by atoms with E-state index in [0.717, 1.165) is 25.2 Å². The lowest BCUT2D eigenvalue weighted by molar-refractivity contribution is 0.189. The first-order chi connectivity index (χ1) is 9.61. The van der Waals surface area contributed by atoms with E-state index in [1.54, 1.807) is 0 Å². The van der Waals surface area contributed by atoms with E-state index < -0.39 is 0 Å². The highest BCUT2D eigenvalue weighted by atomic mass is 16.3. The number of aryl methyl sites for hydroxylation is 1. The summed E-state index contributed by atoms with van der Waals surface area (Å²) in [5.41, 5.74) is 3.43. The van der Waals surface area contributed by atoms with E-state index in [0.29, 0.717) is 12.6 Å². The summed E-state index contributed by atoms with van der Waals surface area (Å²) in [5.74, 6) is 0. The fraction of sp³-hybridized carbons (Fsp3) is 0.533. The van der Waals surface area contributed by atoms with E-state index in [1.807, 2.05) is 12.3 Å². The van der Waals surface area contributed by atoms with Crippen LogP contribution in [0.4, 0.5) is 0 Å². The van der Waals surface area contributed by atoms with Crippen LogP contribution in [-0.2, 0) is 6.54 Å². The number of aliphatic hydroxyl groups excluding tert-OH is 1. The molecule has 3 heterocycles. The van der Waals surface area contributed by atoms with Gasteiger partial charge in [0, 0.05) is 31.9 Å². The van der Waals surface area contributed by atoms with Crippen LogP contribution in [0, 0.1) is 6.92 Å². The first-order valence-electron chi connectivity index (χ1n) is 7.14. The summed E-state index contributed by atoms with van der Waals surface area (Å²) < 4.78 is 2.16. The summed E-state index contributed by atoms with van der Waals surface area (Å²) >= 11 is 0. The highest BCUT2D eigenvalue weighted by Gasteiger charge is 2.23. The first kappa shape index (κ1) is 13.5. The molecule has 0 bridgehead atoms. The number of rotatable bonds is 4. The van der Waals surface area contributed by atoms with Crippen LogP contribution in [0.3, 0.4) is 0 Å². The lowest BCUT2D eigenvalue weighted by atomic mass is 10.2. The summed E-state index contributed by atoms with van der Waals surface area (Å²) in [4.78, 5) is 6.72. The summed E-state index contributed by atoms with van der Waals surface area (Å²) in [6.45, 7) is 4.61. The lowest BCUT2D eigenvalue weighted by Crippen LogP contribution is -2.35. The molecular formula is C15H22N4O. The van der Waals surface area contributed by atoms with Gasteiger partial charge in [-0.15, -0.1) is 0 Å². The molecule has 2 atom stereocenters. The van der Waals surface area contributed by atoms with Gasteiger partial charge in [-0.3, -0.25) is 4.90 Å². The van der Waals surface area contributed by atoms with Gasteiger partial charge in [0.1, 0.15) is 5.65 Å². The number of hydrogen-bond donors (Lipinski definition) is 2. The third-order valence-electron chi connectivity index (χ3n) is 3.89. The first-order valence-corrected chi connectivity index (χ1v) is 7.14. The lowest BCUT2D eigenvalue weighted by Gasteiger charge is -2.20. The molecule has 1 saturated heterocycles. The number of pyridine rings is 1. The monoisotopic (exact) mass is 274 g/mol. The van der Waals surface area contributed by atoms with Crippen LogP contribution in [0.2, 0.25) is 0 Å². The molecule has 0 spiro atoms. The Morgan fingerprint density at radius 3 is 3.10 bits per heavy atom. The summed E-state index contributed by atoms with van der Waals surface area (Å²) in [5, 5.41) is 12.9. The van der Waals surface area contributed by atoms with Crippen molar-refractivity contribution < 1.29 is 5.11 Å². The number of hydrogen-bond acceptors (Lipinski definition) is 4. The van der Waals surface area contributed by atoms with Gasteiger partial charge in [-0.1, -0.05) is 6.07 Å². The van der Waals surface area contributed by atoms with Crippen LogP contribution in [0.5, 0.6) is 0 Å². The molecule has 108 valence electrons. The zero-order valence-electron chi connectivity index (χ0n) is 12.1. The number of nitrogens with zero attached hydrogens (tertiary/aromatic N) is 3. The van der Waals surface area contributed by atoms with Crippen LogP contribution >= 0.6 is 0 Å². The summed E-state index contributed by atoms with van der Waals surface area (Å²) in [7, 11) is 2.11. The Morgan fingerprint density at radius 1 is 1.50 bits per heavy atom. The predicted molar refractivity (Wildman–Crippen MR) is 78.7 cm³/mol. The molecule has 0 aliphatic carbocycles. The van der Waals surface area contributed by atoms with Crippen LogP contribution in [0.1, 0.15) is 17.7 Å². The second-order valence-electron chi connectivity index (χ2n) is 5.88. The van der Waals surface area contributed by atoms with Crippen molar-refractivity contribution in [2.45, 2.75) is 32.0 Å². The van der Waals surface area contributed by atoms with Gasteiger partial charge >= 0.3 is 0 Å². The smallest absolute Gasteiger partial charge is 0.136 e. The SMILES string of the molecule is Cc1ccc2ncc(CN(C)C[C@@H]3C[C@@H](O)CN3)n2c1. The van der Waals surface area contributed by atoms with Crippen molar-refractivity contribution in [3.63, 3.8) is 0 Å². The minimum Gasteiger partial charge on any atom is -0.392 e. The molecule has 3 rings (SSSR count). The third kappa shape index (κ3) is 2.85. The fourth-order valence-electron chi connectivity index (χ4n) is 2.91. The Labute approximate surface area is 119 Å². The van der Waals surface area contributed by atoms with Gasteiger partial charge in [0.2, 0.25) is 0 Å². The quantitative estimate of drug-likeness (QED) is 0.866.